The van der Waals surface area contributed by atoms with Crippen LogP contribution in [0.5, 0.6) is 0 Å². The zero-order chi connectivity index (χ0) is 9.95. The van der Waals surface area contributed by atoms with Crippen molar-refractivity contribution in [3.05, 3.63) is 12.3 Å². The second-order valence-corrected chi connectivity index (χ2v) is 3.60. The third kappa shape index (κ3) is 2.45. The second kappa shape index (κ2) is 3.68. The Morgan fingerprint density at radius 3 is 2.62 bits per heavy atom. The van der Waals surface area contributed by atoms with Gasteiger partial charge in [-0.25, -0.2) is 0 Å². The predicted molar refractivity (Wildman–Crippen MR) is 50.0 cm³/mol. The summed E-state index contributed by atoms with van der Waals surface area (Å²) in [5.74, 6) is -1.12. The second-order valence-electron chi connectivity index (χ2n) is 3.60. The highest BCUT2D eigenvalue weighted by atomic mass is 16.8. The van der Waals surface area contributed by atoms with Crippen molar-refractivity contribution in [3.8, 4) is 0 Å². The largest absolute Gasteiger partial charge is 0.468 e. The highest BCUT2D eigenvalue weighted by Crippen LogP contribution is 2.34. The zero-order valence-corrected chi connectivity index (χ0v) is 8.79. The van der Waals surface area contributed by atoms with E-state index in [1.165, 1.54) is 0 Å². The van der Waals surface area contributed by atoms with E-state index in [4.69, 9.17) is 14.2 Å². The molecule has 0 aromatic carbocycles. The van der Waals surface area contributed by atoms with Crippen LogP contribution < -0.4 is 0 Å². The number of rotatable bonds is 3. The topological polar surface area (TPSA) is 27.7 Å². The smallest absolute Gasteiger partial charge is 0.232 e. The molecular weight excluding hydrogens is 168 g/mol. The molecule has 1 aliphatic heterocycles. The molecule has 76 valence electrons. The molecule has 0 saturated carbocycles. The van der Waals surface area contributed by atoms with E-state index >= 15 is 0 Å². The van der Waals surface area contributed by atoms with Gasteiger partial charge in [0.15, 0.2) is 5.79 Å². The molecule has 0 aromatic rings. The summed E-state index contributed by atoms with van der Waals surface area (Å²) in [4.78, 5) is 0. The van der Waals surface area contributed by atoms with Gasteiger partial charge in [0, 0.05) is 6.92 Å². The average Bonchev–Trinajstić information content (AvgIpc) is 2.41. The molecule has 0 N–H and O–H groups in total. The zero-order valence-electron chi connectivity index (χ0n) is 8.79. The van der Waals surface area contributed by atoms with Gasteiger partial charge in [-0.3, -0.25) is 0 Å². The van der Waals surface area contributed by atoms with Gasteiger partial charge in [-0.05, 0) is 20.3 Å². The Balaban J connectivity index is 2.55. The van der Waals surface area contributed by atoms with Gasteiger partial charge in [0.25, 0.3) is 0 Å². The lowest BCUT2D eigenvalue weighted by molar-refractivity contribution is -0.232. The summed E-state index contributed by atoms with van der Waals surface area (Å²) >= 11 is 0. The molecule has 0 aromatic heterocycles. The van der Waals surface area contributed by atoms with Gasteiger partial charge in [0.2, 0.25) is 5.79 Å². The predicted octanol–water partition coefficient (Wildman–Crippen LogP) is 2.43. The molecule has 0 radical (unpaired) electrons. The fourth-order valence-electron chi connectivity index (χ4n) is 1.24. The van der Waals surface area contributed by atoms with Crippen LogP contribution in [0.25, 0.3) is 0 Å². The minimum absolute atomic E-state index is 0.474. The molecule has 0 amide bonds. The van der Waals surface area contributed by atoms with Crippen molar-refractivity contribution in [1.82, 2.24) is 0 Å². The third-order valence-electron chi connectivity index (χ3n) is 2.17. The summed E-state index contributed by atoms with van der Waals surface area (Å²) in [5.41, 5.74) is 0. The van der Waals surface area contributed by atoms with Gasteiger partial charge < -0.3 is 14.2 Å². The van der Waals surface area contributed by atoms with E-state index < -0.39 is 11.6 Å². The summed E-state index contributed by atoms with van der Waals surface area (Å²) in [7, 11) is 0. The van der Waals surface area contributed by atoms with E-state index in [1.54, 1.807) is 6.26 Å². The van der Waals surface area contributed by atoms with Crippen LogP contribution in [-0.2, 0) is 14.2 Å². The first-order chi connectivity index (χ1) is 6.04. The normalized spacial score (nSPS) is 40.0. The van der Waals surface area contributed by atoms with Crippen LogP contribution in [-0.4, -0.2) is 18.2 Å². The lowest BCUT2D eigenvalue weighted by Crippen LogP contribution is -2.33. The highest BCUT2D eigenvalue weighted by Gasteiger charge is 2.45. The summed E-state index contributed by atoms with van der Waals surface area (Å²) < 4.78 is 16.6. The molecule has 0 aliphatic carbocycles. The summed E-state index contributed by atoms with van der Waals surface area (Å²) in [6, 6.07) is 0. The van der Waals surface area contributed by atoms with E-state index in [0.717, 1.165) is 6.42 Å². The maximum absolute atomic E-state index is 5.69. The van der Waals surface area contributed by atoms with Gasteiger partial charge in [0.05, 0.1) is 6.26 Å². The van der Waals surface area contributed by atoms with E-state index in [1.807, 2.05) is 33.8 Å². The molecule has 3 heteroatoms. The average molecular weight is 186 g/mol. The van der Waals surface area contributed by atoms with Crippen LogP contribution in [0.2, 0.25) is 0 Å². The fourth-order valence-corrected chi connectivity index (χ4v) is 1.24. The SMILES string of the molecule is CC=COC1(C)COC(C)(CC)O1. The minimum Gasteiger partial charge on any atom is -0.468 e. The van der Waals surface area contributed by atoms with Crippen molar-refractivity contribution in [3.63, 3.8) is 0 Å². The van der Waals surface area contributed by atoms with Gasteiger partial charge in [-0.15, -0.1) is 0 Å². The number of hydrogen-bond acceptors (Lipinski definition) is 3. The number of allylic oxidation sites excluding steroid dienone is 1. The van der Waals surface area contributed by atoms with Crippen molar-refractivity contribution in [2.75, 3.05) is 6.61 Å². The highest BCUT2D eigenvalue weighted by molar-refractivity contribution is 4.80. The Labute approximate surface area is 79.7 Å². The lowest BCUT2D eigenvalue weighted by atomic mass is 10.2. The van der Waals surface area contributed by atoms with Crippen LogP contribution in [0, 0.1) is 0 Å². The molecule has 1 fully saturated rings. The Morgan fingerprint density at radius 2 is 2.15 bits per heavy atom. The third-order valence-corrected chi connectivity index (χ3v) is 2.17. The van der Waals surface area contributed by atoms with Crippen molar-refractivity contribution < 1.29 is 14.2 Å². The Hall–Kier alpha value is -0.540. The maximum atomic E-state index is 5.69. The number of ether oxygens (including phenoxy) is 3. The van der Waals surface area contributed by atoms with Crippen LogP contribution >= 0.6 is 0 Å². The van der Waals surface area contributed by atoms with E-state index in [0.29, 0.717) is 6.61 Å². The Morgan fingerprint density at radius 1 is 1.46 bits per heavy atom. The van der Waals surface area contributed by atoms with Crippen molar-refractivity contribution in [1.29, 1.82) is 0 Å². The van der Waals surface area contributed by atoms with Crippen LogP contribution in [0.1, 0.15) is 34.1 Å². The van der Waals surface area contributed by atoms with Crippen molar-refractivity contribution >= 4 is 0 Å². The molecule has 0 spiro atoms. The molecule has 3 nitrogen and oxygen atoms in total. The van der Waals surface area contributed by atoms with Gasteiger partial charge in [-0.2, -0.15) is 0 Å². The van der Waals surface area contributed by atoms with E-state index in [9.17, 15) is 0 Å². The molecule has 1 rings (SSSR count). The van der Waals surface area contributed by atoms with Crippen LogP contribution in [0.15, 0.2) is 12.3 Å². The maximum Gasteiger partial charge on any atom is 0.232 e. The van der Waals surface area contributed by atoms with E-state index in [-0.39, 0.29) is 0 Å². The monoisotopic (exact) mass is 186 g/mol. The van der Waals surface area contributed by atoms with Crippen molar-refractivity contribution in [2.24, 2.45) is 0 Å². The molecule has 1 heterocycles. The summed E-state index contributed by atoms with van der Waals surface area (Å²) in [6.45, 7) is 8.21. The molecule has 1 saturated heterocycles. The van der Waals surface area contributed by atoms with Gasteiger partial charge >= 0.3 is 0 Å². The molecule has 2 atom stereocenters. The van der Waals surface area contributed by atoms with Crippen molar-refractivity contribution in [2.45, 2.75) is 45.7 Å². The van der Waals surface area contributed by atoms with Gasteiger partial charge in [0.1, 0.15) is 6.61 Å². The Kier molecular flexibility index (Phi) is 2.98. The quantitative estimate of drug-likeness (QED) is 0.633. The van der Waals surface area contributed by atoms with Gasteiger partial charge in [-0.1, -0.05) is 13.0 Å². The summed E-state index contributed by atoms with van der Waals surface area (Å²) in [6.07, 6.45) is 4.28. The summed E-state index contributed by atoms with van der Waals surface area (Å²) in [5, 5.41) is 0. The molecule has 1 aliphatic rings. The first kappa shape index (κ1) is 10.5. The van der Waals surface area contributed by atoms with E-state index in [2.05, 4.69) is 0 Å². The standard InChI is InChI=1S/C10H18O3/c1-5-7-11-10(4)8-12-9(3,6-2)13-10/h5,7H,6,8H2,1-4H3. The molecule has 0 bridgehead atoms. The van der Waals surface area contributed by atoms with Crippen LogP contribution in [0.3, 0.4) is 0 Å². The Bertz CT molecular complexity index is 202. The minimum atomic E-state index is -0.628. The number of hydrogen-bond donors (Lipinski definition) is 0. The first-order valence-corrected chi connectivity index (χ1v) is 4.67. The first-order valence-electron chi connectivity index (χ1n) is 4.67. The molecular formula is C10H18O3. The van der Waals surface area contributed by atoms with Crippen LogP contribution in [0.4, 0.5) is 0 Å². The molecule has 2 unspecified atom stereocenters. The fraction of sp³-hybridized carbons (Fsp3) is 0.800. The molecule has 13 heavy (non-hydrogen) atoms. The lowest BCUT2D eigenvalue weighted by Gasteiger charge is -2.25.